The molecule has 0 unspecified atom stereocenters. The third-order valence-corrected chi connectivity index (χ3v) is 3.18. The van der Waals surface area contributed by atoms with E-state index in [1.807, 2.05) is 0 Å². The molecule has 0 aliphatic carbocycles. The maximum atomic E-state index is 3.41. The van der Waals surface area contributed by atoms with Crippen molar-refractivity contribution in [3.63, 3.8) is 0 Å². The fourth-order valence-electron chi connectivity index (χ4n) is 2.11. The van der Waals surface area contributed by atoms with Gasteiger partial charge in [0.15, 0.2) is 0 Å². The van der Waals surface area contributed by atoms with Gasteiger partial charge < -0.3 is 5.32 Å². The molecule has 1 heteroatoms. The molecule has 0 atom stereocenters. The highest BCUT2D eigenvalue weighted by Gasteiger charge is 2.27. The van der Waals surface area contributed by atoms with Gasteiger partial charge in [-0.2, -0.15) is 0 Å². The Labute approximate surface area is 80.2 Å². The van der Waals surface area contributed by atoms with Crippen molar-refractivity contribution in [1.82, 2.24) is 5.32 Å². The van der Waals surface area contributed by atoms with Crippen molar-refractivity contribution in [3.05, 3.63) is 35.9 Å². The average Bonchev–Trinajstić information content (AvgIpc) is 2.20. The lowest BCUT2D eigenvalue weighted by Gasteiger charge is -2.34. The molecule has 0 amide bonds. The summed E-state index contributed by atoms with van der Waals surface area (Å²) in [7, 11) is 0. The molecular weight excluding hydrogens is 158 g/mol. The van der Waals surface area contributed by atoms with Crippen LogP contribution in [0.25, 0.3) is 0 Å². The van der Waals surface area contributed by atoms with Gasteiger partial charge in [-0.1, -0.05) is 37.3 Å². The number of hydrogen-bond acceptors (Lipinski definition) is 1. The Morgan fingerprint density at radius 2 is 1.69 bits per heavy atom. The van der Waals surface area contributed by atoms with E-state index in [0.29, 0.717) is 5.41 Å². The largest absolute Gasteiger partial charge is 0.317 e. The van der Waals surface area contributed by atoms with Crippen molar-refractivity contribution in [3.8, 4) is 0 Å². The molecule has 1 aliphatic rings. The van der Waals surface area contributed by atoms with Crippen LogP contribution in [0.4, 0.5) is 0 Å². The number of rotatable bonds is 1. The van der Waals surface area contributed by atoms with Crippen LogP contribution >= 0.6 is 0 Å². The molecule has 70 valence electrons. The summed E-state index contributed by atoms with van der Waals surface area (Å²) in [5.41, 5.74) is 1.91. The SMILES string of the molecule is CC1(c2ccccc2)CCNCC1. The van der Waals surface area contributed by atoms with E-state index in [1.165, 1.54) is 18.4 Å². The molecule has 1 aliphatic heterocycles. The molecule has 0 radical (unpaired) electrons. The summed E-state index contributed by atoms with van der Waals surface area (Å²) in [6.07, 6.45) is 2.52. The molecule has 1 fully saturated rings. The second kappa shape index (κ2) is 3.51. The molecule has 0 saturated carbocycles. The fourth-order valence-corrected chi connectivity index (χ4v) is 2.11. The fraction of sp³-hybridized carbons (Fsp3) is 0.500. The maximum Gasteiger partial charge on any atom is -0.00405 e. The third kappa shape index (κ3) is 1.75. The molecule has 0 aromatic heterocycles. The van der Waals surface area contributed by atoms with Gasteiger partial charge in [0.25, 0.3) is 0 Å². The van der Waals surface area contributed by atoms with Gasteiger partial charge in [-0.15, -0.1) is 0 Å². The second-order valence-electron chi connectivity index (χ2n) is 4.18. The molecule has 0 bridgehead atoms. The van der Waals surface area contributed by atoms with Crippen LogP contribution in [-0.2, 0) is 5.41 Å². The summed E-state index contributed by atoms with van der Waals surface area (Å²) >= 11 is 0. The van der Waals surface area contributed by atoms with Gasteiger partial charge in [-0.3, -0.25) is 0 Å². The first-order valence-corrected chi connectivity index (χ1v) is 5.07. The molecule has 2 rings (SSSR count). The average molecular weight is 175 g/mol. The van der Waals surface area contributed by atoms with Crippen LogP contribution in [0.2, 0.25) is 0 Å². The number of benzene rings is 1. The standard InChI is InChI=1S/C12H17N/c1-12(7-9-13-10-8-12)11-5-3-2-4-6-11/h2-6,13H,7-10H2,1H3. The molecule has 1 heterocycles. The number of piperidine rings is 1. The van der Waals surface area contributed by atoms with Crippen molar-refractivity contribution >= 4 is 0 Å². The zero-order chi connectivity index (χ0) is 9.15. The summed E-state index contributed by atoms with van der Waals surface area (Å²) in [5, 5.41) is 3.41. The van der Waals surface area contributed by atoms with Crippen molar-refractivity contribution < 1.29 is 0 Å². The molecule has 1 nitrogen and oxygen atoms in total. The van der Waals surface area contributed by atoms with E-state index in [2.05, 4.69) is 42.6 Å². The van der Waals surface area contributed by atoms with Gasteiger partial charge in [0.1, 0.15) is 0 Å². The smallest absolute Gasteiger partial charge is 0.00405 e. The summed E-state index contributed by atoms with van der Waals surface area (Å²) < 4.78 is 0. The minimum absolute atomic E-state index is 0.409. The second-order valence-corrected chi connectivity index (χ2v) is 4.18. The van der Waals surface area contributed by atoms with E-state index in [9.17, 15) is 0 Å². The lowest BCUT2D eigenvalue weighted by molar-refractivity contribution is 0.335. The summed E-state index contributed by atoms with van der Waals surface area (Å²) in [6, 6.07) is 10.9. The van der Waals surface area contributed by atoms with Crippen LogP contribution in [0.3, 0.4) is 0 Å². The minimum Gasteiger partial charge on any atom is -0.317 e. The van der Waals surface area contributed by atoms with Crippen LogP contribution < -0.4 is 5.32 Å². The Morgan fingerprint density at radius 3 is 2.31 bits per heavy atom. The molecule has 1 N–H and O–H groups in total. The van der Waals surface area contributed by atoms with Crippen LogP contribution in [0.15, 0.2) is 30.3 Å². The quantitative estimate of drug-likeness (QED) is 0.690. The van der Waals surface area contributed by atoms with Gasteiger partial charge in [0, 0.05) is 0 Å². The Balaban J connectivity index is 2.23. The van der Waals surface area contributed by atoms with Crippen LogP contribution in [0.5, 0.6) is 0 Å². The zero-order valence-electron chi connectivity index (χ0n) is 8.22. The van der Waals surface area contributed by atoms with Crippen molar-refractivity contribution in [2.24, 2.45) is 0 Å². The molecule has 0 spiro atoms. The maximum absolute atomic E-state index is 3.41. The molecule has 13 heavy (non-hydrogen) atoms. The van der Waals surface area contributed by atoms with E-state index in [4.69, 9.17) is 0 Å². The zero-order valence-corrected chi connectivity index (χ0v) is 8.22. The van der Waals surface area contributed by atoms with Gasteiger partial charge in [0.05, 0.1) is 0 Å². The third-order valence-electron chi connectivity index (χ3n) is 3.18. The van der Waals surface area contributed by atoms with Crippen LogP contribution in [0, 0.1) is 0 Å². The van der Waals surface area contributed by atoms with Crippen molar-refractivity contribution in [1.29, 1.82) is 0 Å². The minimum atomic E-state index is 0.409. The highest BCUT2D eigenvalue weighted by atomic mass is 14.9. The Bertz CT molecular complexity index is 260. The van der Waals surface area contributed by atoms with Gasteiger partial charge in [0.2, 0.25) is 0 Å². The van der Waals surface area contributed by atoms with Crippen molar-refractivity contribution in [2.75, 3.05) is 13.1 Å². The summed E-state index contributed by atoms with van der Waals surface area (Å²) in [4.78, 5) is 0. The Morgan fingerprint density at radius 1 is 1.08 bits per heavy atom. The van der Waals surface area contributed by atoms with Crippen LogP contribution in [0.1, 0.15) is 25.3 Å². The molecule has 1 aromatic carbocycles. The highest BCUT2D eigenvalue weighted by molar-refractivity contribution is 5.25. The van der Waals surface area contributed by atoms with Crippen molar-refractivity contribution in [2.45, 2.75) is 25.2 Å². The first-order valence-electron chi connectivity index (χ1n) is 5.07. The van der Waals surface area contributed by atoms with E-state index in [-0.39, 0.29) is 0 Å². The lowest BCUT2D eigenvalue weighted by Crippen LogP contribution is -2.37. The van der Waals surface area contributed by atoms with Crippen LogP contribution in [-0.4, -0.2) is 13.1 Å². The monoisotopic (exact) mass is 175 g/mol. The lowest BCUT2D eigenvalue weighted by atomic mass is 9.75. The predicted octanol–water partition coefficient (Wildman–Crippen LogP) is 2.33. The normalized spacial score (nSPS) is 21.3. The van der Waals surface area contributed by atoms with E-state index in [1.54, 1.807) is 0 Å². The van der Waals surface area contributed by atoms with E-state index < -0.39 is 0 Å². The van der Waals surface area contributed by atoms with E-state index in [0.717, 1.165) is 13.1 Å². The molecule has 1 aromatic rings. The number of nitrogens with one attached hydrogen (secondary N) is 1. The molecule has 1 saturated heterocycles. The highest BCUT2D eigenvalue weighted by Crippen LogP contribution is 2.32. The molecular formula is C12H17N. The van der Waals surface area contributed by atoms with Gasteiger partial charge in [-0.05, 0) is 36.9 Å². The first kappa shape index (κ1) is 8.76. The summed E-state index contributed by atoms with van der Waals surface area (Å²) in [5.74, 6) is 0. The predicted molar refractivity (Wildman–Crippen MR) is 55.9 cm³/mol. The first-order chi connectivity index (χ1) is 6.31. The Hall–Kier alpha value is -0.820. The number of hydrogen-bond donors (Lipinski definition) is 1. The summed E-state index contributed by atoms with van der Waals surface area (Å²) in [6.45, 7) is 4.69. The van der Waals surface area contributed by atoms with Gasteiger partial charge in [-0.25, -0.2) is 0 Å². The Kier molecular flexibility index (Phi) is 2.36. The van der Waals surface area contributed by atoms with E-state index >= 15 is 0 Å². The van der Waals surface area contributed by atoms with Gasteiger partial charge >= 0.3 is 0 Å². The topological polar surface area (TPSA) is 12.0 Å².